The third-order valence-corrected chi connectivity index (χ3v) is 8.27. The topological polar surface area (TPSA) is 152 Å². The van der Waals surface area contributed by atoms with E-state index in [1.54, 1.807) is 25.7 Å². The summed E-state index contributed by atoms with van der Waals surface area (Å²) in [4.78, 5) is 50.1. The van der Waals surface area contributed by atoms with Crippen molar-refractivity contribution in [1.82, 2.24) is 14.9 Å². The number of ether oxygens (including phenoxy) is 2. The molecule has 1 aliphatic heterocycles. The molecule has 43 heavy (non-hydrogen) atoms. The number of aromatic nitrogens is 2. The number of halogens is 2. The summed E-state index contributed by atoms with van der Waals surface area (Å²) in [6.45, 7) is 7.46. The van der Waals surface area contributed by atoms with Crippen molar-refractivity contribution in [3.8, 4) is 6.07 Å². The second-order valence-electron chi connectivity index (χ2n) is 11.9. The second kappa shape index (κ2) is 12.5. The highest BCUT2D eigenvalue weighted by Gasteiger charge is 2.48. The van der Waals surface area contributed by atoms with E-state index < -0.39 is 39.7 Å². The monoisotopic (exact) mass is 632 g/mol. The maximum Gasteiger partial charge on any atom is 0.410 e. The van der Waals surface area contributed by atoms with Crippen molar-refractivity contribution >= 4 is 46.8 Å². The smallest absolute Gasteiger partial charge is 0.410 e. The van der Waals surface area contributed by atoms with E-state index in [1.165, 1.54) is 12.0 Å². The molecule has 2 aromatic rings. The molecule has 0 N–H and O–H groups in total. The molecule has 14 heteroatoms. The van der Waals surface area contributed by atoms with Gasteiger partial charge in [0.25, 0.3) is 0 Å². The van der Waals surface area contributed by atoms with Crippen LogP contribution in [0.15, 0.2) is 12.1 Å². The van der Waals surface area contributed by atoms with Crippen LogP contribution in [0.5, 0.6) is 0 Å². The molecule has 0 bridgehead atoms. The minimum Gasteiger partial charge on any atom is -0.468 e. The standard InChI is InChI=1S/C29H34Cl2N6O6/c1-17-13-20-19(21(30)14-17)7-6-9-29(20,25(38)42-5)15-22-23(37(40)41)24(34-26(31)33-22)35-11-12-36(18(16-35)8-10-32)27(39)43-28(2,3)4/h13-14,18H,6-9,11-12,15-16H2,1-5H3/t18-,29?/m0/s1. The number of hydrogen-bond acceptors (Lipinski definition) is 10. The Morgan fingerprint density at radius 3 is 2.60 bits per heavy atom. The number of nitro groups is 1. The first-order valence-electron chi connectivity index (χ1n) is 13.9. The van der Waals surface area contributed by atoms with Gasteiger partial charge in [0.1, 0.15) is 11.3 Å². The highest BCUT2D eigenvalue weighted by atomic mass is 35.5. The molecule has 4 rings (SSSR count). The number of nitriles is 1. The van der Waals surface area contributed by atoms with E-state index in [0.29, 0.717) is 29.8 Å². The molecule has 1 amide bonds. The molecule has 2 aliphatic rings. The second-order valence-corrected chi connectivity index (χ2v) is 12.6. The average molecular weight is 634 g/mol. The molecule has 1 saturated heterocycles. The number of esters is 1. The first kappa shape index (κ1) is 32.2. The Morgan fingerprint density at radius 1 is 1.26 bits per heavy atom. The largest absolute Gasteiger partial charge is 0.468 e. The minimum atomic E-state index is -1.30. The fourth-order valence-corrected chi connectivity index (χ4v) is 6.53. The maximum atomic E-state index is 13.5. The predicted molar refractivity (Wildman–Crippen MR) is 159 cm³/mol. The Morgan fingerprint density at radius 2 is 1.98 bits per heavy atom. The lowest BCUT2D eigenvalue weighted by Crippen LogP contribution is -2.56. The number of amides is 1. The quantitative estimate of drug-likeness (QED) is 0.177. The normalized spacial score (nSPS) is 20.2. The summed E-state index contributed by atoms with van der Waals surface area (Å²) < 4.78 is 10.8. The summed E-state index contributed by atoms with van der Waals surface area (Å²) in [5, 5.41) is 22.4. The number of carbonyl (C=O) groups excluding carboxylic acids is 2. The van der Waals surface area contributed by atoms with Crippen molar-refractivity contribution in [3.63, 3.8) is 0 Å². The minimum absolute atomic E-state index is 0.0257. The van der Waals surface area contributed by atoms with Gasteiger partial charge in [-0.2, -0.15) is 10.2 Å². The molecular formula is C29H34Cl2N6O6. The number of nitrogens with zero attached hydrogens (tertiary/aromatic N) is 6. The summed E-state index contributed by atoms with van der Waals surface area (Å²) in [6, 6.07) is 5.15. The van der Waals surface area contributed by atoms with Gasteiger partial charge >= 0.3 is 17.7 Å². The van der Waals surface area contributed by atoms with Gasteiger partial charge in [-0.05, 0) is 81.3 Å². The molecular weight excluding hydrogens is 599 g/mol. The molecule has 0 saturated carbocycles. The highest BCUT2D eigenvalue weighted by Crippen LogP contribution is 2.46. The van der Waals surface area contributed by atoms with Crippen LogP contribution in [0.2, 0.25) is 10.3 Å². The number of fused-ring (bicyclic) bond motifs is 1. The predicted octanol–water partition coefficient (Wildman–Crippen LogP) is 5.33. The SMILES string of the molecule is COC(=O)C1(Cc2nc(Cl)nc(N3CCN(C(=O)OC(C)(C)C)[C@@H](CC#N)C3)c2[N+](=O)[O-])CCCc2c(Cl)cc(C)cc21. The van der Waals surface area contributed by atoms with Crippen molar-refractivity contribution in [2.45, 2.75) is 76.9 Å². The van der Waals surface area contributed by atoms with Crippen LogP contribution in [0.1, 0.15) is 62.4 Å². The summed E-state index contributed by atoms with van der Waals surface area (Å²) in [5.74, 6) is -0.606. The lowest BCUT2D eigenvalue weighted by atomic mass is 9.67. The summed E-state index contributed by atoms with van der Waals surface area (Å²) >= 11 is 13.0. The van der Waals surface area contributed by atoms with Crippen molar-refractivity contribution in [1.29, 1.82) is 5.26 Å². The van der Waals surface area contributed by atoms with E-state index in [4.69, 9.17) is 32.7 Å². The number of benzene rings is 1. The molecule has 0 radical (unpaired) electrons. The molecule has 1 aromatic carbocycles. The van der Waals surface area contributed by atoms with Gasteiger partial charge in [-0.15, -0.1) is 0 Å². The Balaban J connectivity index is 1.79. The Kier molecular flexibility index (Phi) is 9.37. The number of piperazine rings is 1. The zero-order valence-corrected chi connectivity index (χ0v) is 26.3. The molecule has 1 aromatic heterocycles. The number of aryl methyl sites for hydroxylation is 1. The van der Waals surface area contributed by atoms with Crippen molar-refractivity contribution in [3.05, 3.63) is 54.9 Å². The lowest BCUT2D eigenvalue weighted by Gasteiger charge is -2.41. The molecule has 1 aliphatic carbocycles. The Bertz CT molecular complexity index is 1490. The van der Waals surface area contributed by atoms with Crippen LogP contribution in [-0.2, 0) is 32.5 Å². The fraction of sp³-hybridized carbons (Fsp3) is 0.552. The number of carbonyl (C=O) groups is 2. The van der Waals surface area contributed by atoms with Gasteiger partial charge in [-0.3, -0.25) is 14.9 Å². The van der Waals surface area contributed by atoms with E-state index in [-0.39, 0.29) is 49.3 Å². The van der Waals surface area contributed by atoms with Gasteiger partial charge in [-0.1, -0.05) is 17.7 Å². The van der Waals surface area contributed by atoms with E-state index in [0.717, 1.165) is 11.1 Å². The van der Waals surface area contributed by atoms with E-state index in [2.05, 4.69) is 16.0 Å². The number of methoxy groups -OCH3 is 1. The summed E-state index contributed by atoms with van der Waals surface area (Å²) in [6.07, 6.45) is 0.836. The van der Waals surface area contributed by atoms with Crippen LogP contribution in [0.3, 0.4) is 0 Å². The summed E-state index contributed by atoms with van der Waals surface area (Å²) in [5.41, 5.74) is -0.180. The van der Waals surface area contributed by atoms with Gasteiger partial charge in [-0.25, -0.2) is 9.78 Å². The average Bonchev–Trinajstić information content (AvgIpc) is 2.91. The van der Waals surface area contributed by atoms with Crippen LogP contribution in [0.4, 0.5) is 16.3 Å². The molecule has 2 atom stereocenters. The van der Waals surface area contributed by atoms with Crippen LogP contribution < -0.4 is 4.90 Å². The van der Waals surface area contributed by atoms with Crippen LogP contribution in [0.25, 0.3) is 0 Å². The van der Waals surface area contributed by atoms with Crippen molar-refractivity contribution in [2.24, 2.45) is 0 Å². The molecule has 1 unspecified atom stereocenters. The van der Waals surface area contributed by atoms with Gasteiger partial charge in [0.2, 0.25) is 11.1 Å². The van der Waals surface area contributed by atoms with E-state index >= 15 is 0 Å². The zero-order chi connectivity index (χ0) is 31.7. The number of rotatable bonds is 6. The summed E-state index contributed by atoms with van der Waals surface area (Å²) in [7, 11) is 1.28. The van der Waals surface area contributed by atoms with E-state index in [9.17, 15) is 25.0 Å². The molecule has 12 nitrogen and oxygen atoms in total. The molecule has 1 fully saturated rings. The van der Waals surface area contributed by atoms with Gasteiger partial charge < -0.3 is 19.3 Å². The first-order valence-corrected chi connectivity index (χ1v) is 14.7. The van der Waals surface area contributed by atoms with E-state index in [1.807, 2.05) is 19.1 Å². The Labute approximate surface area is 260 Å². The molecule has 2 heterocycles. The number of hydrogen-bond donors (Lipinski definition) is 0. The number of anilines is 1. The first-order chi connectivity index (χ1) is 20.2. The van der Waals surface area contributed by atoms with Gasteiger partial charge in [0.05, 0.1) is 36.0 Å². The molecule has 0 spiro atoms. The maximum absolute atomic E-state index is 13.5. The zero-order valence-electron chi connectivity index (χ0n) is 24.8. The van der Waals surface area contributed by atoms with Crippen LogP contribution in [0, 0.1) is 28.4 Å². The third kappa shape index (κ3) is 6.63. The third-order valence-electron chi connectivity index (χ3n) is 7.76. The van der Waals surface area contributed by atoms with Crippen LogP contribution >= 0.6 is 23.2 Å². The van der Waals surface area contributed by atoms with Gasteiger partial charge in [0, 0.05) is 31.1 Å². The highest BCUT2D eigenvalue weighted by molar-refractivity contribution is 6.31. The van der Waals surface area contributed by atoms with Crippen molar-refractivity contribution < 1.29 is 24.0 Å². The Hall–Kier alpha value is -3.69. The lowest BCUT2D eigenvalue weighted by molar-refractivity contribution is -0.385. The van der Waals surface area contributed by atoms with Crippen molar-refractivity contribution in [2.75, 3.05) is 31.6 Å². The fourth-order valence-electron chi connectivity index (χ4n) is 5.98. The van der Waals surface area contributed by atoms with Gasteiger partial charge in [0.15, 0.2) is 0 Å². The van der Waals surface area contributed by atoms with Crippen LogP contribution in [-0.4, -0.2) is 70.2 Å². The molecule has 230 valence electrons.